The molecule has 4 N–H and O–H groups in total. The maximum atomic E-state index is 11.6. The summed E-state index contributed by atoms with van der Waals surface area (Å²) in [6, 6.07) is 2.44. The van der Waals surface area contributed by atoms with Gasteiger partial charge in [0.1, 0.15) is 5.76 Å². The van der Waals surface area contributed by atoms with Gasteiger partial charge in [0.15, 0.2) is 0 Å². The van der Waals surface area contributed by atoms with Crippen molar-refractivity contribution in [2.24, 2.45) is 5.14 Å². The summed E-state index contributed by atoms with van der Waals surface area (Å²) in [4.78, 5) is 11.6. The van der Waals surface area contributed by atoms with Crippen molar-refractivity contribution in [2.45, 2.75) is 44.5 Å². The van der Waals surface area contributed by atoms with E-state index in [9.17, 15) is 13.2 Å². The van der Waals surface area contributed by atoms with Gasteiger partial charge in [-0.2, -0.15) is 0 Å². The molecule has 0 radical (unpaired) electrons. The van der Waals surface area contributed by atoms with Crippen molar-refractivity contribution >= 4 is 15.9 Å². The van der Waals surface area contributed by atoms with Gasteiger partial charge < -0.3 is 9.73 Å². The van der Waals surface area contributed by atoms with Gasteiger partial charge in [-0.3, -0.25) is 10.1 Å². The van der Waals surface area contributed by atoms with Crippen LogP contribution < -0.4 is 15.8 Å². The molecule has 7 nitrogen and oxygen atoms in total. The van der Waals surface area contributed by atoms with E-state index in [0.717, 1.165) is 0 Å². The van der Waals surface area contributed by atoms with Gasteiger partial charge in [0.2, 0.25) is 11.0 Å². The van der Waals surface area contributed by atoms with Gasteiger partial charge in [-0.15, -0.1) is 0 Å². The average molecular weight is 289 g/mol. The molecule has 1 rings (SSSR count). The minimum atomic E-state index is -3.83. The van der Waals surface area contributed by atoms with Gasteiger partial charge in [-0.25, -0.2) is 13.6 Å². The Labute approximate surface area is 112 Å². The molecule has 0 aliphatic heterocycles. The summed E-state index contributed by atoms with van der Waals surface area (Å²) in [5.41, 5.74) is 0. The summed E-state index contributed by atoms with van der Waals surface area (Å²) >= 11 is 0. The Balaban J connectivity index is 2.53. The molecular weight excluding hydrogens is 270 g/mol. The van der Waals surface area contributed by atoms with Gasteiger partial charge in [-0.05, 0) is 32.9 Å². The van der Waals surface area contributed by atoms with Crippen LogP contribution in [-0.2, 0) is 21.4 Å². The molecule has 1 heterocycles. The lowest BCUT2D eigenvalue weighted by atomic mass is 10.2. The van der Waals surface area contributed by atoms with Crippen molar-refractivity contribution in [3.63, 3.8) is 0 Å². The molecule has 8 heteroatoms. The number of nitrogens with two attached hydrogens (primary N) is 1. The monoisotopic (exact) mass is 289 g/mol. The summed E-state index contributed by atoms with van der Waals surface area (Å²) in [6.45, 7) is 5.69. The Hall–Kier alpha value is -1.38. The predicted molar refractivity (Wildman–Crippen MR) is 69.7 cm³/mol. The highest BCUT2D eigenvalue weighted by molar-refractivity contribution is 7.89. The van der Waals surface area contributed by atoms with Crippen LogP contribution in [0.15, 0.2) is 21.6 Å². The number of sulfonamides is 1. The Kier molecular flexibility index (Phi) is 5.10. The van der Waals surface area contributed by atoms with Crippen molar-refractivity contribution in [1.82, 2.24) is 10.6 Å². The molecule has 1 aromatic heterocycles. The maximum absolute atomic E-state index is 11.6. The van der Waals surface area contributed by atoms with E-state index in [1.54, 1.807) is 6.92 Å². The Morgan fingerprint density at radius 3 is 2.47 bits per heavy atom. The second-order valence-electron chi connectivity index (χ2n) is 4.53. The number of hydrogen-bond donors (Lipinski definition) is 3. The van der Waals surface area contributed by atoms with E-state index in [1.165, 1.54) is 12.1 Å². The first-order chi connectivity index (χ1) is 8.70. The Bertz CT molecular complexity index is 536. The van der Waals surface area contributed by atoms with Crippen LogP contribution >= 0.6 is 0 Å². The molecule has 1 aromatic rings. The van der Waals surface area contributed by atoms with Gasteiger partial charge >= 0.3 is 0 Å². The van der Waals surface area contributed by atoms with Crippen molar-refractivity contribution in [3.8, 4) is 0 Å². The minimum Gasteiger partial charge on any atom is -0.447 e. The van der Waals surface area contributed by atoms with E-state index in [0.29, 0.717) is 5.76 Å². The molecule has 1 atom stereocenters. The molecule has 0 aliphatic carbocycles. The normalized spacial score (nSPS) is 13.5. The molecule has 1 amide bonds. The molecule has 0 saturated carbocycles. The number of hydrogen-bond acceptors (Lipinski definition) is 5. The number of carbonyl (C=O) groups is 1. The van der Waals surface area contributed by atoms with Gasteiger partial charge in [0.05, 0.1) is 12.6 Å². The van der Waals surface area contributed by atoms with Gasteiger partial charge in [-0.1, -0.05) is 0 Å². The zero-order valence-electron chi connectivity index (χ0n) is 11.1. The lowest BCUT2D eigenvalue weighted by molar-refractivity contribution is -0.123. The van der Waals surface area contributed by atoms with Crippen molar-refractivity contribution in [3.05, 3.63) is 17.9 Å². The second kappa shape index (κ2) is 6.18. The second-order valence-corrected chi connectivity index (χ2v) is 6.02. The highest BCUT2D eigenvalue weighted by atomic mass is 32.2. The Morgan fingerprint density at radius 1 is 1.37 bits per heavy atom. The molecule has 0 fully saturated rings. The smallest absolute Gasteiger partial charge is 0.271 e. The van der Waals surface area contributed by atoms with Gasteiger partial charge in [0, 0.05) is 6.04 Å². The first-order valence-corrected chi connectivity index (χ1v) is 7.40. The van der Waals surface area contributed by atoms with E-state index >= 15 is 0 Å². The molecule has 0 aliphatic rings. The third kappa shape index (κ3) is 5.01. The van der Waals surface area contributed by atoms with Crippen molar-refractivity contribution in [2.75, 3.05) is 0 Å². The molecule has 0 saturated heterocycles. The highest BCUT2D eigenvalue weighted by Gasteiger charge is 2.16. The fourth-order valence-corrected chi connectivity index (χ4v) is 1.84. The van der Waals surface area contributed by atoms with Gasteiger partial charge in [0.25, 0.3) is 10.0 Å². The zero-order valence-corrected chi connectivity index (χ0v) is 12.0. The predicted octanol–water partition coefficient (Wildman–Crippen LogP) is -0.0703. The first-order valence-electron chi connectivity index (χ1n) is 5.85. The first kappa shape index (κ1) is 15.7. The number of rotatable bonds is 6. The molecule has 108 valence electrons. The van der Waals surface area contributed by atoms with Crippen molar-refractivity contribution in [1.29, 1.82) is 0 Å². The maximum Gasteiger partial charge on any atom is 0.271 e. The van der Waals surface area contributed by atoms with Crippen LogP contribution in [0.25, 0.3) is 0 Å². The fraction of sp³-hybridized carbons (Fsp3) is 0.545. The molecule has 19 heavy (non-hydrogen) atoms. The van der Waals surface area contributed by atoms with Crippen LogP contribution in [0, 0.1) is 0 Å². The largest absolute Gasteiger partial charge is 0.447 e. The average Bonchev–Trinajstić information content (AvgIpc) is 2.72. The van der Waals surface area contributed by atoms with Crippen LogP contribution in [-0.4, -0.2) is 26.4 Å². The van der Waals surface area contributed by atoms with E-state index < -0.39 is 16.1 Å². The van der Waals surface area contributed by atoms with Crippen LogP contribution in [0.4, 0.5) is 0 Å². The van der Waals surface area contributed by atoms with Crippen LogP contribution in [0.5, 0.6) is 0 Å². The molecular formula is C11H19N3O4S. The fourth-order valence-electron chi connectivity index (χ4n) is 1.36. The third-order valence-electron chi connectivity index (χ3n) is 2.32. The topological polar surface area (TPSA) is 114 Å². The zero-order chi connectivity index (χ0) is 14.6. The minimum absolute atomic E-state index is 0.0642. The number of carbonyl (C=O) groups excluding carboxylic acids is 1. The number of nitrogens with one attached hydrogen (secondary N) is 2. The number of furan rings is 1. The SMILES string of the molecule is CC(C)NC(=O)C(C)NCc1ccc(S(N)(=O)=O)o1. The molecule has 0 bridgehead atoms. The summed E-state index contributed by atoms with van der Waals surface area (Å²) in [7, 11) is -3.83. The van der Waals surface area contributed by atoms with E-state index in [1.807, 2.05) is 13.8 Å². The molecule has 0 spiro atoms. The van der Waals surface area contributed by atoms with Crippen LogP contribution in [0.3, 0.4) is 0 Å². The standard InChI is InChI=1S/C11H19N3O4S/c1-7(2)14-11(15)8(3)13-6-9-4-5-10(18-9)19(12,16)17/h4-5,7-8,13H,6H2,1-3H3,(H,14,15)(H2,12,16,17). The molecule has 1 unspecified atom stereocenters. The summed E-state index contributed by atoms with van der Waals surface area (Å²) in [5, 5.41) is 10.3. The number of amides is 1. The number of primary sulfonamides is 1. The summed E-state index contributed by atoms with van der Waals surface area (Å²) in [5.74, 6) is 0.265. The molecule has 0 aromatic carbocycles. The van der Waals surface area contributed by atoms with Crippen LogP contribution in [0.2, 0.25) is 0 Å². The summed E-state index contributed by atoms with van der Waals surface area (Å²) in [6.07, 6.45) is 0. The lowest BCUT2D eigenvalue weighted by Crippen LogP contribution is -2.44. The summed E-state index contributed by atoms with van der Waals surface area (Å²) < 4.78 is 27.1. The van der Waals surface area contributed by atoms with Crippen LogP contribution in [0.1, 0.15) is 26.5 Å². The van der Waals surface area contributed by atoms with Crippen molar-refractivity contribution < 1.29 is 17.6 Å². The third-order valence-corrected chi connectivity index (χ3v) is 3.10. The highest BCUT2D eigenvalue weighted by Crippen LogP contribution is 2.11. The Morgan fingerprint density at radius 2 is 2.00 bits per heavy atom. The van der Waals surface area contributed by atoms with E-state index in [-0.39, 0.29) is 23.6 Å². The lowest BCUT2D eigenvalue weighted by Gasteiger charge is -2.15. The van der Waals surface area contributed by atoms with E-state index in [2.05, 4.69) is 10.6 Å². The quantitative estimate of drug-likeness (QED) is 0.678. The van der Waals surface area contributed by atoms with E-state index in [4.69, 9.17) is 9.56 Å².